The minimum Gasteiger partial charge on any atom is -0.446 e. The van der Waals surface area contributed by atoms with E-state index in [1.54, 1.807) is 0 Å². The van der Waals surface area contributed by atoms with Crippen molar-refractivity contribution >= 4 is 6.09 Å². The molecule has 1 atom stereocenters. The minimum absolute atomic E-state index is 0.173. The maximum Gasteiger partial charge on any atom is 0.404 e. The van der Waals surface area contributed by atoms with Gasteiger partial charge in [-0.2, -0.15) is 0 Å². The number of rotatable bonds is 5. The predicted molar refractivity (Wildman–Crippen MR) is 44.5 cm³/mol. The monoisotopic (exact) mass is 193 g/mol. The summed E-state index contributed by atoms with van der Waals surface area (Å²) < 4.78 is 29.4. The summed E-state index contributed by atoms with van der Waals surface area (Å²) in [4.78, 5) is 10.3. The largest absolute Gasteiger partial charge is 0.446 e. The molecule has 0 spiro atoms. The molecule has 0 aliphatic heterocycles. The Balaban J connectivity index is 4.09. The molecule has 0 fully saturated rings. The topological polar surface area (TPSA) is 52.3 Å². The second-order valence-corrected chi connectivity index (χ2v) is 2.86. The maximum atomic E-state index is 12.5. The molecule has 1 unspecified atom stereocenters. The van der Waals surface area contributed by atoms with Crippen LogP contribution < -0.4 is 5.73 Å². The molecule has 0 aromatic heterocycles. The summed E-state index contributed by atoms with van der Waals surface area (Å²) >= 11 is 0. The number of hydrogen-bond acceptors (Lipinski definition) is 2. The lowest BCUT2D eigenvalue weighted by Crippen LogP contribution is -2.28. The first-order chi connectivity index (χ1) is 5.85. The van der Waals surface area contributed by atoms with Crippen LogP contribution in [-0.4, -0.2) is 18.1 Å². The van der Waals surface area contributed by atoms with Gasteiger partial charge in [0, 0.05) is 12.8 Å². The maximum absolute atomic E-state index is 12.5. The highest BCUT2D eigenvalue weighted by Gasteiger charge is 2.27. The van der Waals surface area contributed by atoms with Crippen LogP contribution in [0, 0.1) is 0 Å². The molecule has 0 rings (SSSR count). The van der Waals surface area contributed by atoms with E-state index in [4.69, 9.17) is 5.73 Å². The number of carbonyl (C=O) groups is 1. The van der Waals surface area contributed by atoms with Gasteiger partial charge in [0.05, 0.1) is 0 Å². The van der Waals surface area contributed by atoms with E-state index in [9.17, 15) is 13.6 Å². The zero-order valence-corrected chi connectivity index (χ0v) is 7.43. The van der Waals surface area contributed by atoms with Crippen molar-refractivity contribution in [1.29, 1.82) is 0 Å². The van der Waals surface area contributed by atoms with E-state index in [1.807, 2.05) is 0 Å². The van der Waals surface area contributed by atoms with Crippen LogP contribution in [0.2, 0.25) is 0 Å². The van der Waals surface area contributed by atoms with Crippen LogP contribution >= 0.6 is 0 Å². The average molecular weight is 193 g/mol. The molecular formula is C8H13F2NO2. The van der Waals surface area contributed by atoms with Crippen molar-refractivity contribution in [1.82, 2.24) is 0 Å². The normalized spacial score (nSPS) is 13.5. The highest BCUT2D eigenvalue weighted by Crippen LogP contribution is 2.22. The molecule has 0 aliphatic carbocycles. The number of primary amides is 1. The third kappa shape index (κ3) is 7.24. The van der Waals surface area contributed by atoms with E-state index >= 15 is 0 Å². The molecule has 0 aromatic carbocycles. The Morgan fingerprint density at radius 3 is 2.62 bits per heavy atom. The Labute approximate surface area is 75.6 Å². The third-order valence-electron chi connectivity index (χ3n) is 1.30. The van der Waals surface area contributed by atoms with Gasteiger partial charge in [0.15, 0.2) is 0 Å². The average Bonchev–Trinajstić information content (AvgIpc) is 1.81. The smallest absolute Gasteiger partial charge is 0.404 e. The van der Waals surface area contributed by atoms with E-state index in [0.29, 0.717) is 0 Å². The van der Waals surface area contributed by atoms with Gasteiger partial charge in [-0.05, 0) is 6.92 Å². The first-order valence-electron chi connectivity index (χ1n) is 3.80. The Morgan fingerprint density at radius 2 is 2.31 bits per heavy atom. The molecular weight excluding hydrogens is 180 g/mol. The summed E-state index contributed by atoms with van der Waals surface area (Å²) in [7, 11) is 0. The van der Waals surface area contributed by atoms with E-state index in [-0.39, 0.29) is 6.42 Å². The first kappa shape index (κ1) is 11.9. The molecule has 0 heterocycles. The van der Waals surface area contributed by atoms with E-state index in [2.05, 4.69) is 11.3 Å². The van der Waals surface area contributed by atoms with Crippen molar-refractivity contribution in [3.8, 4) is 0 Å². The van der Waals surface area contributed by atoms with Crippen LogP contribution in [0.4, 0.5) is 13.6 Å². The van der Waals surface area contributed by atoms with Crippen molar-refractivity contribution in [2.45, 2.75) is 31.8 Å². The number of hydrogen-bond donors (Lipinski definition) is 1. The van der Waals surface area contributed by atoms with Gasteiger partial charge in [-0.3, -0.25) is 0 Å². The molecule has 3 nitrogen and oxygen atoms in total. The molecule has 13 heavy (non-hydrogen) atoms. The Hall–Kier alpha value is -1.13. The zero-order valence-electron chi connectivity index (χ0n) is 7.43. The number of halogens is 2. The van der Waals surface area contributed by atoms with Gasteiger partial charge in [0.1, 0.15) is 6.10 Å². The standard InChI is InChI=1S/C8H13F2NO2/c1-3-4-6(13-7(11)12)5-8(2,9)10/h3,6H,1,4-5H2,2H3,(H2,11,12). The molecule has 0 saturated carbocycles. The van der Waals surface area contributed by atoms with Crippen molar-refractivity contribution in [2.75, 3.05) is 0 Å². The number of ether oxygens (including phenoxy) is 1. The van der Waals surface area contributed by atoms with Crippen LogP contribution in [0.1, 0.15) is 19.8 Å². The summed E-state index contributed by atoms with van der Waals surface area (Å²) in [6, 6.07) is 0. The van der Waals surface area contributed by atoms with Gasteiger partial charge in [-0.25, -0.2) is 13.6 Å². The zero-order chi connectivity index (χ0) is 10.5. The second-order valence-electron chi connectivity index (χ2n) is 2.86. The van der Waals surface area contributed by atoms with Gasteiger partial charge in [0.2, 0.25) is 5.92 Å². The van der Waals surface area contributed by atoms with Crippen molar-refractivity contribution < 1.29 is 18.3 Å². The minimum atomic E-state index is -2.87. The quantitative estimate of drug-likeness (QED) is 0.679. The molecule has 5 heteroatoms. The molecule has 2 N–H and O–H groups in total. The summed E-state index contributed by atoms with van der Waals surface area (Å²) in [6.07, 6.45) is -0.903. The fourth-order valence-corrected chi connectivity index (χ4v) is 0.923. The van der Waals surface area contributed by atoms with Crippen LogP contribution in [0.15, 0.2) is 12.7 Å². The number of carbonyl (C=O) groups excluding carboxylic acids is 1. The van der Waals surface area contributed by atoms with Crippen molar-refractivity contribution in [3.63, 3.8) is 0 Å². The molecule has 0 aliphatic rings. The molecule has 0 saturated heterocycles. The summed E-state index contributed by atoms with van der Waals surface area (Å²) in [5, 5.41) is 0. The van der Waals surface area contributed by atoms with Crippen LogP contribution in [0.3, 0.4) is 0 Å². The van der Waals surface area contributed by atoms with E-state index in [0.717, 1.165) is 6.92 Å². The van der Waals surface area contributed by atoms with E-state index in [1.165, 1.54) is 6.08 Å². The fraction of sp³-hybridized carbons (Fsp3) is 0.625. The van der Waals surface area contributed by atoms with Gasteiger partial charge >= 0.3 is 6.09 Å². The molecule has 76 valence electrons. The molecule has 1 amide bonds. The number of amides is 1. The molecule has 0 bridgehead atoms. The lowest BCUT2D eigenvalue weighted by atomic mass is 10.1. The SMILES string of the molecule is C=CCC(CC(C)(F)F)OC(N)=O. The Kier molecular flexibility index (Phi) is 4.37. The van der Waals surface area contributed by atoms with Crippen molar-refractivity contribution in [3.05, 3.63) is 12.7 Å². The summed E-state index contributed by atoms with van der Waals surface area (Å²) in [5.41, 5.74) is 4.70. The molecule has 0 aromatic rings. The number of alkyl halides is 2. The second kappa shape index (κ2) is 4.79. The lowest BCUT2D eigenvalue weighted by Gasteiger charge is -2.18. The first-order valence-corrected chi connectivity index (χ1v) is 3.80. The van der Waals surface area contributed by atoms with Crippen LogP contribution in [0.5, 0.6) is 0 Å². The van der Waals surface area contributed by atoms with E-state index < -0.39 is 24.5 Å². The lowest BCUT2D eigenvalue weighted by molar-refractivity contribution is -0.0298. The van der Waals surface area contributed by atoms with Crippen LogP contribution in [0.25, 0.3) is 0 Å². The highest BCUT2D eigenvalue weighted by molar-refractivity contribution is 5.64. The summed E-state index contributed by atoms with van der Waals surface area (Å²) in [5.74, 6) is -2.87. The van der Waals surface area contributed by atoms with Gasteiger partial charge in [-0.15, -0.1) is 6.58 Å². The van der Waals surface area contributed by atoms with Gasteiger partial charge in [0.25, 0.3) is 0 Å². The van der Waals surface area contributed by atoms with Gasteiger partial charge in [-0.1, -0.05) is 6.08 Å². The van der Waals surface area contributed by atoms with Gasteiger partial charge < -0.3 is 10.5 Å². The highest BCUT2D eigenvalue weighted by atomic mass is 19.3. The van der Waals surface area contributed by atoms with Crippen molar-refractivity contribution in [2.24, 2.45) is 5.73 Å². The predicted octanol–water partition coefficient (Wildman–Crippen LogP) is 2.07. The summed E-state index contributed by atoms with van der Waals surface area (Å²) in [6.45, 7) is 4.12. The molecule has 0 radical (unpaired) electrons. The Bertz CT molecular complexity index is 189. The van der Waals surface area contributed by atoms with Crippen LogP contribution in [-0.2, 0) is 4.74 Å². The number of nitrogens with two attached hydrogens (primary N) is 1. The third-order valence-corrected chi connectivity index (χ3v) is 1.30. The fourth-order valence-electron chi connectivity index (χ4n) is 0.923. The Morgan fingerprint density at radius 1 is 1.77 bits per heavy atom.